The molecular weight excluding hydrogens is 817 g/mol. The van der Waals surface area contributed by atoms with Crippen LogP contribution in [0.5, 0.6) is 0 Å². The van der Waals surface area contributed by atoms with Crippen LogP contribution in [0.25, 0.3) is 22.5 Å². The smallest absolute Gasteiger partial charge is 0.407 e. The first-order valence-electron chi connectivity index (χ1n) is 22.4. The summed E-state index contributed by atoms with van der Waals surface area (Å²) in [6.07, 6.45) is 6.61. The average molecular weight is 875 g/mol. The zero-order valence-electron chi connectivity index (χ0n) is 36.9. The first-order chi connectivity index (χ1) is 31.1. The second-order valence-corrected chi connectivity index (χ2v) is 17.6. The molecule has 2 aromatic heterocycles. The molecule has 338 valence electrons. The number of carbonyl (C=O) groups is 4. The van der Waals surface area contributed by atoms with Gasteiger partial charge in [-0.1, -0.05) is 50.0 Å². The number of rotatable bonds is 10. The van der Waals surface area contributed by atoms with E-state index in [0.29, 0.717) is 76.8 Å². The molecular formula is C48H58N8O8. The van der Waals surface area contributed by atoms with Gasteiger partial charge >= 0.3 is 12.2 Å². The zero-order valence-corrected chi connectivity index (χ0v) is 36.9. The van der Waals surface area contributed by atoms with Gasteiger partial charge in [0.25, 0.3) is 0 Å². The zero-order chi connectivity index (χ0) is 44.7. The highest BCUT2D eigenvalue weighted by molar-refractivity contribution is 5.87. The Morgan fingerprint density at radius 1 is 0.641 bits per heavy atom. The molecule has 16 heteroatoms. The van der Waals surface area contributed by atoms with E-state index in [2.05, 4.69) is 46.3 Å². The summed E-state index contributed by atoms with van der Waals surface area (Å²) in [5.41, 5.74) is 5.28. The molecule has 0 saturated carbocycles. The summed E-state index contributed by atoms with van der Waals surface area (Å²) in [6, 6.07) is 14.0. The van der Waals surface area contributed by atoms with Gasteiger partial charge in [0.1, 0.15) is 23.7 Å². The van der Waals surface area contributed by atoms with Gasteiger partial charge < -0.3 is 49.3 Å². The second kappa shape index (κ2) is 20.1. The van der Waals surface area contributed by atoms with Gasteiger partial charge in [-0.3, -0.25) is 9.59 Å². The van der Waals surface area contributed by atoms with Crippen molar-refractivity contribution in [2.45, 2.75) is 76.5 Å². The average Bonchev–Trinajstić information content (AvgIpc) is 4.17. The topological polar surface area (TPSA) is 193 Å². The van der Waals surface area contributed by atoms with Crippen molar-refractivity contribution in [2.24, 2.45) is 23.7 Å². The molecule has 4 amide bonds. The van der Waals surface area contributed by atoms with Crippen LogP contribution >= 0.6 is 0 Å². The molecule has 0 aliphatic carbocycles. The molecule has 16 nitrogen and oxygen atoms in total. The van der Waals surface area contributed by atoms with E-state index in [1.807, 2.05) is 58.3 Å². The molecule has 4 fully saturated rings. The van der Waals surface area contributed by atoms with E-state index in [0.717, 1.165) is 46.5 Å². The number of nitrogens with zero attached hydrogens (tertiary/aromatic N) is 4. The van der Waals surface area contributed by atoms with E-state index < -0.39 is 24.3 Å². The number of benzene rings is 2. The number of H-pyrrole nitrogens is 2. The molecule has 4 N–H and O–H groups in total. The predicted octanol–water partition coefficient (Wildman–Crippen LogP) is 5.99. The summed E-state index contributed by atoms with van der Waals surface area (Å²) >= 11 is 0. The van der Waals surface area contributed by atoms with Crippen LogP contribution in [0.4, 0.5) is 9.59 Å². The molecule has 0 spiro atoms. The highest BCUT2D eigenvalue weighted by Gasteiger charge is 2.43. The van der Waals surface area contributed by atoms with Crippen LogP contribution in [-0.2, 0) is 28.5 Å². The van der Waals surface area contributed by atoms with Crippen molar-refractivity contribution in [3.8, 4) is 34.4 Å². The Hall–Kier alpha value is -6.18. The highest BCUT2D eigenvalue weighted by Crippen LogP contribution is 2.38. The molecule has 0 bridgehead atoms. The van der Waals surface area contributed by atoms with Crippen LogP contribution in [-0.4, -0.2) is 120 Å². The maximum atomic E-state index is 14.1. The molecule has 2 aromatic carbocycles. The van der Waals surface area contributed by atoms with Gasteiger partial charge in [-0.25, -0.2) is 19.6 Å². The van der Waals surface area contributed by atoms with Crippen molar-refractivity contribution >= 4 is 24.0 Å². The molecule has 6 heterocycles. The van der Waals surface area contributed by atoms with E-state index in [9.17, 15) is 19.2 Å². The molecule has 64 heavy (non-hydrogen) atoms. The number of hydrogen-bond acceptors (Lipinski definition) is 10. The van der Waals surface area contributed by atoms with Crippen LogP contribution in [0.15, 0.2) is 60.9 Å². The molecule has 4 aliphatic heterocycles. The van der Waals surface area contributed by atoms with Crippen molar-refractivity contribution in [3.05, 3.63) is 83.7 Å². The normalized spacial score (nSPS) is 22.6. The van der Waals surface area contributed by atoms with Crippen molar-refractivity contribution < 1.29 is 38.1 Å². The van der Waals surface area contributed by atoms with Crippen molar-refractivity contribution in [2.75, 3.05) is 53.7 Å². The lowest BCUT2D eigenvalue weighted by molar-refractivity contribution is -0.137. The molecule has 8 rings (SSSR count). The molecule has 4 saturated heterocycles. The summed E-state index contributed by atoms with van der Waals surface area (Å²) < 4.78 is 20.8. The third-order valence-electron chi connectivity index (χ3n) is 13.1. The fourth-order valence-corrected chi connectivity index (χ4v) is 9.60. The maximum absolute atomic E-state index is 14.1. The van der Waals surface area contributed by atoms with Crippen molar-refractivity contribution in [3.63, 3.8) is 0 Å². The summed E-state index contributed by atoms with van der Waals surface area (Å²) in [4.78, 5) is 72.9. The monoisotopic (exact) mass is 874 g/mol. The lowest BCUT2D eigenvalue weighted by Crippen LogP contribution is -2.53. The van der Waals surface area contributed by atoms with Crippen LogP contribution in [0.1, 0.15) is 87.2 Å². The van der Waals surface area contributed by atoms with Crippen LogP contribution in [0.2, 0.25) is 0 Å². The molecule has 0 radical (unpaired) electrons. The number of imidazole rings is 2. The summed E-state index contributed by atoms with van der Waals surface area (Å²) in [5, 5.41) is 5.64. The molecule has 6 atom stereocenters. The van der Waals surface area contributed by atoms with Gasteiger partial charge in [0.15, 0.2) is 0 Å². The number of alkyl carbamates (subject to hydrolysis) is 2. The number of aromatic amines is 2. The van der Waals surface area contributed by atoms with E-state index >= 15 is 0 Å². The first-order valence-corrected chi connectivity index (χ1v) is 22.4. The Morgan fingerprint density at radius 2 is 1.02 bits per heavy atom. The fraction of sp³-hybridized carbons (Fsp3) is 0.500. The van der Waals surface area contributed by atoms with Crippen LogP contribution < -0.4 is 10.6 Å². The van der Waals surface area contributed by atoms with Gasteiger partial charge in [-0.2, -0.15) is 0 Å². The summed E-state index contributed by atoms with van der Waals surface area (Å²) in [6.45, 7) is 7.60. The van der Waals surface area contributed by atoms with Crippen molar-refractivity contribution in [1.29, 1.82) is 0 Å². The highest BCUT2D eigenvalue weighted by atomic mass is 16.5. The number of amides is 4. The van der Waals surface area contributed by atoms with Gasteiger partial charge in [-0.05, 0) is 97.6 Å². The van der Waals surface area contributed by atoms with E-state index in [1.165, 1.54) is 14.2 Å². The number of likely N-dealkylation sites (tertiary alicyclic amines) is 2. The maximum Gasteiger partial charge on any atom is 0.407 e. The molecule has 4 aliphatic rings. The Kier molecular flexibility index (Phi) is 14.0. The molecule has 4 aromatic rings. The second-order valence-electron chi connectivity index (χ2n) is 17.6. The number of ether oxygens (including phenoxy) is 4. The Bertz CT molecular complexity index is 2160. The third-order valence-corrected chi connectivity index (χ3v) is 13.1. The fourth-order valence-electron chi connectivity index (χ4n) is 9.60. The summed E-state index contributed by atoms with van der Waals surface area (Å²) in [5.74, 6) is 8.16. The van der Waals surface area contributed by atoms with Crippen molar-refractivity contribution in [1.82, 2.24) is 40.4 Å². The van der Waals surface area contributed by atoms with E-state index in [-0.39, 0.29) is 47.6 Å². The molecule has 0 unspecified atom stereocenters. The van der Waals surface area contributed by atoms with E-state index in [4.69, 9.17) is 28.9 Å². The van der Waals surface area contributed by atoms with Crippen LogP contribution in [0.3, 0.4) is 0 Å². The minimum absolute atomic E-state index is 0.0403. The number of carbonyl (C=O) groups excluding carboxylic acids is 4. The summed E-state index contributed by atoms with van der Waals surface area (Å²) in [7, 11) is 2.61. The van der Waals surface area contributed by atoms with Gasteiger partial charge in [-0.15, -0.1) is 0 Å². The standard InChI is InChI=1S/C48H58N8O8/c1-29-23-39(55(27-29)45(57)41(53-47(59)61-3)35-15-19-63-20-16-35)43-49-25-37(51-43)33-11-7-31(8-12-33)5-6-32-9-13-34(14-10-32)38-26-50-44(52-38)40-24-30(2)28-56(40)46(58)42(54-48(60)62-4)36-17-21-64-22-18-36/h7-14,25-26,29-30,35-36,39-42H,15-24,27-28H2,1-4H3,(H,49,51)(H,50,52)(H,53,59)(H,54,60)/t29-,30-,39-,40-,41-,42+/m0/s1. The number of aromatic nitrogens is 4. The third kappa shape index (κ3) is 10.1. The Labute approximate surface area is 373 Å². The first kappa shape index (κ1) is 44.4. The minimum Gasteiger partial charge on any atom is -0.453 e. The lowest BCUT2D eigenvalue weighted by Gasteiger charge is -2.34. The van der Waals surface area contributed by atoms with Gasteiger partial charge in [0, 0.05) is 50.6 Å². The number of hydrogen-bond donors (Lipinski definition) is 4. The Morgan fingerprint density at radius 3 is 1.38 bits per heavy atom. The van der Waals surface area contributed by atoms with E-state index in [1.54, 1.807) is 12.4 Å². The lowest BCUT2D eigenvalue weighted by atomic mass is 9.90. The van der Waals surface area contributed by atoms with Gasteiger partial charge in [0.05, 0.1) is 50.1 Å². The van der Waals surface area contributed by atoms with Crippen LogP contribution in [0, 0.1) is 35.5 Å². The quantitative estimate of drug-likeness (QED) is 0.138. The SMILES string of the molecule is COC(=O)N[C@H](C(=O)N1C[C@@H](C)C[C@H]1c1ncc(-c2ccc(C#Cc3ccc(-c4cnc([C@@H]5C[C@H](C)CN5C(=O)[C@H](NC(=O)OC)C5CCOCC5)[nH]4)cc3)cc2)[nH]1)C1CCOCC1. The van der Waals surface area contributed by atoms with Gasteiger partial charge in [0.2, 0.25) is 11.8 Å². The predicted molar refractivity (Wildman–Crippen MR) is 236 cm³/mol. The number of nitrogens with one attached hydrogen (secondary N) is 4. The largest absolute Gasteiger partial charge is 0.453 e. The Balaban J connectivity index is 0.903. The number of methoxy groups -OCH3 is 2. The minimum atomic E-state index is -0.700.